The first-order chi connectivity index (χ1) is 8.31. The minimum Gasteiger partial charge on any atom is -0.370 e. The molecular weight excluding hydrogens is 243 g/mol. The molecule has 1 rings (SSSR count). The second-order valence-corrected chi connectivity index (χ2v) is 3.35. The van der Waals surface area contributed by atoms with Crippen molar-refractivity contribution in [2.45, 2.75) is 6.92 Å². The molecule has 0 aliphatic heterocycles. The molecule has 0 unspecified atom stereocenters. The number of guanidine groups is 2. The number of nitrogens with two attached hydrogens (primary N) is 3. The largest absolute Gasteiger partial charge is 0.370 e. The zero-order valence-corrected chi connectivity index (χ0v) is 9.42. The van der Waals surface area contributed by atoms with Crippen LogP contribution in [0.1, 0.15) is 5.56 Å². The van der Waals surface area contributed by atoms with Gasteiger partial charge in [0.15, 0.2) is 5.96 Å². The van der Waals surface area contributed by atoms with Gasteiger partial charge in [0.1, 0.15) is 0 Å². The van der Waals surface area contributed by atoms with Gasteiger partial charge in [-0.1, -0.05) is 0 Å². The van der Waals surface area contributed by atoms with Crippen LogP contribution in [0, 0.1) is 22.9 Å². The Labute approximate surface area is 101 Å². The van der Waals surface area contributed by atoms with Crippen LogP contribution in [0.25, 0.3) is 0 Å². The summed E-state index contributed by atoms with van der Waals surface area (Å²) < 4.78 is 13.4. The molecule has 0 saturated heterocycles. The van der Waals surface area contributed by atoms with Gasteiger partial charge in [0.2, 0.25) is 11.8 Å². The van der Waals surface area contributed by atoms with Crippen LogP contribution in [0.15, 0.2) is 22.1 Å². The second kappa shape index (κ2) is 5.08. The first-order valence-electron chi connectivity index (χ1n) is 4.69. The van der Waals surface area contributed by atoms with Crippen molar-refractivity contribution >= 4 is 23.3 Å². The van der Waals surface area contributed by atoms with Gasteiger partial charge in [-0.15, -0.1) is 0 Å². The number of nitro benzene ring substituents is 1. The fraction of sp³-hybridized carbons (Fsp3) is 0.111. The van der Waals surface area contributed by atoms with Crippen molar-refractivity contribution in [3.05, 3.63) is 33.6 Å². The molecule has 0 amide bonds. The van der Waals surface area contributed by atoms with Gasteiger partial charge >= 0.3 is 5.69 Å². The van der Waals surface area contributed by atoms with Gasteiger partial charge in [-0.3, -0.25) is 10.1 Å². The predicted molar refractivity (Wildman–Crippen MR) is 64.9 cm³/mol. The third kappa shape index (κ3) is 3.14. The number of hydrogen-bond donors (Lipinski definition) is 3. The number of rotatable bonds is 2. The van der Waals surface area contributed by atoms with Crippen LogP contribution in [0.5, 0.6) is 0 Å². The monoisotopic (exact) mass is 254 g/mol. The third-order valence-electron chi connectivity index (χ3n) is 1.94. The van der Waals surface area contributed by atoms with Gasteiger partial charge in [0.05, 0.1) is 10.6 Å². The number of halogens is 1. The molecule has 1 aromatic rings. The Morgan fingerprint density at radius 2 is 2.00 bits per heavy atom. The smallest absolute Gasteiger partial charge is 0.305 e. The molecule has 18 heavy (non-hydrogen) atoms. The van der Waals surface area contributed by atoms with Crippen LogP contribution >= 0.6 is 0 Å². The molecule has 6 N–H and O–H groups in total. The van der Waals surface area contributed by atoms with E-state index in [1.807, 2.05) is 0 Å². The van der Waals surface area contributed by atoms with E-state index >= 15 is 0 Å². The molecule has 0 aromatic heterocycles. The summed E-state index contributed by atoms with van der Waals surface area (Å²) in [6.45, 7) is 1.52. The fourth-order valence-electron chi connectivity index (χ4n) is 1.20. The zero-order valence-electron chi connectivity index (χ0n) is 9.42. The summed E-state index contributed by atoms with van der Waals surface area (Å²) in [5, 5.41) is 10.5. The van der Waals surface area contributed by atoms with Crippen LogP contribution in [0.3, 0.4) is 0 Å². The maximum absolute atomic E-state index is 13.4. The lowest BCUT2D eigenvalue weighted by Gasteiger charge is -2.02. The van der Waals surface area contributed by atoms with E-state index in [4.69, 9.17) is 17.2 Å². The standard InChI is InChI=1S/C9H11FN6O2/c1-4-2-7(16(17)18)5(10)3-6(4)14-9(13)15-8(11)12/h2-3H,1H3,(H6,11,12,13,14,15). The lowest BCUT2D eigenvalue weighted by atomic mass is 10.2. The van der Waals surface area contributed by atoms with Gasteiger partial charge in [-0.2, -0.15) is 9.38 Å². The molecule has 8 nitrogen and oxygen atoms in total. The molecule has 9 heteroatoms. The summed E-state index contributed by atoms with van der Waals surface area (Å²) in [5.74, 6) is -1.58. The van der Waals surface area contributed by atoms with E-state index in [-0.39, 0.29) is 17.6 Å². The Morgan fingerprint density at radius 3 is 2.50 bits per heavy atom. The molecule has 0 heterocycles. The van der Waals surface area contributed by atoms with E-state index in [2.05, 4.69) is 9.98 Å². The maximum atomic E-state index is 13.4. The molecule has 0 aliphatic rings. The van der Waals surface area contributed by atoms with Crippen LogP contribution < -0.4 is 17.2 Å². The van der Waals surface area contributed by atoms with Crippen molar-refractivity contribution in [1.29, 1.82) is 0 Å². The first-order valence-corrected chi connectivity index (χ1v) is 4.69. The molecule has 0 atom stereocenters. The van der Waals surface area contributed by atoms with E-state index in [1.54, 1.807) is 0 Å². The molecule has 0 radical (unpaired) electrons. The summed E-state index contributed by atoms with van der Waals surface area (Å²) in [6, 6.07) is 1.94. The highest BCUT2D eigenvalue weighted by Gasteiger charge is 2.16. The number of hydrogen-bond acceptors (Lipinski definition) is 3. The van der Waals surface area contributed by atoms with E-state index < -0.39 is 16.4 Å². The summed E-state index contributed by atoms with van der Waals surface area (Å²) in [7, 11) is 0. The lowest BCUT2D eigenvalue weighted by molar-refractivity contribution is -0.387. The van der Waals surface area contributed by atoms with Gasteiger partial charge in [0, 0.05) is 12.1 Å². The number of aryl methyl sites for hydroxylation is 1. The fourth-order valence-corrected chi connectivity index (χ4v) is 1.20. The van der Waals surface area contributed by atoms with E-state index in [0.29, 0.717) is 5.56 Å². The van der Waals surface area contributed by atoms with Crippen LogP contribution in [-0.4, -0.2) is 16.8 Å². The highest BCUT2D eigenvalue weighted by atomic mass is 19.1. The Hall–Kier alpha value is -2.71. The predicted octanol–water partition coefficient (Wildman–Crippen LogP) is 0.262. The van der Waals surface area contributed by atoms with E-state index in [9.17, 15) is 14.5 Å². The van der Waals surface area contributed by atoms with Crippen molar-refractivity contribution in [3.63, 3.8) is 0 Å². The highest BCUT2D eigenvalue weighted by Crippen LogP contribution is 2.27. The van der Waals surface area contributed by atoms with Crippen LogP contribution in [0.4, 0.5) is 15.8 Å². The molecule has 0 fully saturated rings. The number of aliphatic imine (C=N–C) groups is 2. The molecule has 0 spiro atoms. The second-order valence-electron chi connectivity index (χ2n) is 3.35. The third-order valence-corrected chi connectivity index (χ3v) is 1.94. The van der Waals surface area contributed by atoms with Crippen molar-refractivity contribution in [3.8, 4) is 0 Å². The topological polar surface area (TPSA) is 146 Å². The Morgan fingerprint density at radius 1 is 1.39 bits per heavy atom. The van der Waals surface area contributed by atoms with E-state index in [0.717, 1.165) is 12.1 Å². The first kappa shape index (κ1) is 13.4. The molecule has 1 aromatic carbocycles. The highest BCUT2D eigenvalue weighted by molar-refractivity contribution is 5.93. The van der Waals surface area contributed by atoms with Gasteiger partial charge < -0.3 is 17.2 Å². The van der Waals surface area contributed by atoms with Crippen molar-refractivity contribution in [1.82, 2.24) is 0 Å². The molecule has 96 valence electrons. The van der Waals surface area contributed by atoms with Gasteiger partial charge in [-0.05, 0) is 12.5 Å². The quantitative estimate of drug-likeness (QED) is 0.300. The minimum atomic E-state index is -1.01. The van der Waals surface area contributed by atoms with Crippen molar-refractivity contribution in [2.75, 3.05) is 0 Å². The Kier molecular flexibility index (Phi) is 3.77. The Bertz CT molecular complexity index is 550. The summed E-state index contributed by atoms with van der Waals surface area (Å²) in [4.78, 5) is 16.9. The normalized spacial score (nSPS) is 11.1. The Balaban J connectivity index is 3.25. The average molecular weight is 254 g/mol. The summed E-state index contributed by atoms with van der Waals surface area (Å²) in [6.07, 6.45) is 0. The van der Waals surface area contributed by atoms with Crippen molar-refractivity contribution in [2.24, 2.45) is 27.2 Å². The van der Waals surface area contributed by atoms with Crippen molar-refractivity contribution < 1.29 is 9.31 Å². The SMILES string of the molecule is Cc1cc([N+](=O)[O-])c(F)cc1N=C(N)N=C(N)N. The van der Waals surface area contributed by atoms with Crippen LogP contribution in [-0.2, 0) is 0 Å². The van der Waals surface area contributed by atoms with Crippen LogP contribution in [0.2, 0.25) is 0 Å². The summed E-state index contributed by atoms with van der Waals surface area (Å²) >= 11 is 0. The maximum Gasteiger partial charge on any atom is 0.305 e. The minimum absolute atomic E-state index is 0.112. The lowest BCUT2D eigenvalue weighted by Crippen LogP contribution is -2.26. The van der Waals surface area contributed by atoms with Gasteiger partial charge in [0.25, 0.3) is 0 Å². The zero-order chi connectivity index (χ0) is 13.9. The number of benzene rings is 1. The molecule has 0 saturated carbocycles. The van der Waals surface area contributed by atoms with E-state index in [1.165, 1.54) is 6.92 Å². The number of nitro groups is 1. The molecule has 0 bridgehead atoms. The summed E-state index contributed by atoms with van der Waals surface area (Å²) in [5.41, 5.74) is 15.4. The molecule has 0 aliphatic carbocycles. The molecular formula is C9H11FN6O2. The average Bonchev–Trinajstić information content (AvgIpc) is 2.21. The number of nitrogens with zero attached hydrogens (tertiary/aromatic N) is 3. The van der Waals surface area contributed by atoms with Gasteiger partial charge in [-0.25, -0.2) is 4.99 Å².